The van der Waals surface area contributed by atoms with Gasteiger partial charge < -0.3 is 9.84 Å². The Labute approximate surface area is 107 Å². The first-order chi connectivity index (χ1) is 8.56. The predicted molar refractivity (Wildman–Crippen MR) is 69.0 cm³/mol. The van der Waals surface area contributed by atoms with Crippen LogP contribution in [-0.2, 0) is 6.54 Å². The van der Waals surface area contributed by atoms with E-state index in [0.29, 0.717) is 24.3 Å². The summed E-state index contributed by atoms with van der Waals surface area (Å²) in [6.45, 7) is 8.67. The van der Waals surface area contributed by atoms with Gasteiger partial charge in [-0.05, 0) is 26.0 Å². The Morgan fingerprint density at radius 2 is 2.00 bits per heavy atom. The lowest BCUT2D eigenvalue weighted by atomic mass is 10.2. The minimum Gasteiger partial charge on any atom is -0.334 e. The number of aromatic nitrogens is 3. The number of hydrogen-bond acceptors (Lipinski definition) is 5. The molecule has 0 atom stereocenters. The smallest absolute Gasteiger partial charge is 0.259 e. The number of rotatable bonds is 4. The van der Waals surface area contributed by atoms with Gasteiger partial charge in [-0.1, -0.05) is 19.0 Å². The van der Waals surface area contributed by atoms with Crippen LogP contribution in [0, 0.1) is 13.8 Å². The van der Waals surface area contributed by atoms with Gasteiger partial charge in [0.05, 0.1) is 17.8 Å². The summed E-state index contributed by atoms with van der Waals surface area (Å²) in [6, 6.07) is 4.30. The first-order valence-corrected chi connectivity index (χ1v) is 6.07. The van der Waals surface area contributed by atoms with E-state index in [1.165, 1.54) is 0 Å². The molecule has 1 N–H and O–H groups in total. The van der Waals surface area contributed by atoms with E-state index in [4.69, 9.17) is 4.52 Å². The highest BCUT2D eigenvalue weighted by molar-refractivity contribution is 5.55. The summed E-state index contributed by atoms with van der Waals surface area (Å²) < 4.78 is 5.26. The third-order valence-electron chi connectivity index (χ3n) is 2.59. The maximum atomic E-state index is 5.26. The standard InChI is InChI=1S/C13H18N4O/c1-8(2)14-7-12-16-13(18-17-12)11-6-5-9(3)15-10(11)4/h5-6,8,14H,7H2,1-4H3. The molecule has 2 aromatic rings. The van der Waals surface area contributed by atoms with Crippen LogP contribution in [0.1, 0.15) is 31.1 Å². The van der Waals surface area contributed by atoms with E-state index < -0.39 is 0 Å². The van der Waals surface area contributed by atoms with Crippen LogP contribution in [0.4, 0.5) is 0 Å². The summed E-state index contributed by atoms with van der Waals surface area (Å²) >= 11 is 0. The van der Waals surface area contributed by atoms with Crippen LogP contribution in [0.25, 0.3) is 11.5 Å². The Bertz CT molecular complexity index is 534. The van der Waals surface area contributed by atoms with Crippen LogP contribution in [0.2, 0.25) is 0 Å². The highest BCUT2D eigenvalue weighted by atomic mass is 16.5. The first kappa shape index (κ1) is 12.7. The average Bonchev–Trinajstić information content (AvgIpc) is 2.75. The number of pyridine rings is 1. The molecule has 2 aromatic heterocycles. The van der Waals surface area contributed by atoms with Gasteiger partial charge in [-0.2, -0.15) is 4.98 Å². The van der Waals surface area contributed by atoms with E-state index in [1.54, 1.807) is 0 Å². The summed E-state index contributed by atoms with van der Waals surface area (Å²) in [5.74, 6) is 1.19. The second kappa shape index (κ2) is 5.27. The molecule has 5 nitrogen and oxygen atoms in total. The van der Waals surface area contributed by atoms with E-state index in [1.807, 2.05) is 26.0 Å². The summed E-state index contributed by atoms with van der Waals surface area (Å²) in [6.07, 6.45) is 0. The SMILES string of the molecule is Cc1ccc(-c2nc(CNC(C)C)no2)c(C)n1. The topological polar surface area (TPSA) is 63.8 Å². The highest BCUT2D eigenvalue weighted by Crippen LogP contribution is 2.20. The third-order valence-corrected chi connectivity index (χ3v) is 2.59. The minimum atomic E-state index is 0.398. The molecule has 0 aromatic carbocycles. The van der Waals surface area contributed by atoms with Crippen LogP contribution < -0.4 is 5.32 Å². The van der Waals surface area contributed by atoms with Crippen molar-refractivity contribution in [3.63, 3.8) is 0 Å². The molecule has 0 radical (unpaired) electrons. The number of aryl methyl sites for hydroxylation is 2. The van der Waals surface area contributed by atoms with Crippen LogP contribution in [0.5, 0.6) is 0 Å². The summed E-state index contributed by atoms with van der Waals surface area (Å²) in [7, 11) is 0. The molecule has 0 spiro atoms. The van der Waals surface area contributed by atoms with Crippen molar-refractivity contribution in [3.05, 3.63) is 29.3 Å². The Morgan fingerprint density at radius 3 is 2.67 bits per heavy atom. The van der Waals surface area contributed by atoms with Crippen LogP contribution in [0.3, 0.4) is 0 Å². The lowest BCUT2D eigenvalue weighted by Crippen LogP contribution is -2.22. The van der Waals surface area contributed by atoms with Gasteiger partial charge in [0.1, 0.15) is 0 Å². The lowest BCUT2D eigenvalue weighted by Gasteiger charge is -2.03. The van der Waals surface area contributed by atoms with Gasteiger partial charge in [0.2, 0.25) is 0 Å². The second-order valence-corrected chi connectivity index (χ2v) is 4.64. The van der Waals surface area contributed by atoms with Crippen LogP contribution >= 0.6 is 0 Å². The quantitative estimate of drug-likeness (QED) is 0.896. The molecule has 0 aliphatic heterocycles. The molecule has 96 valence electrons. The number of hydrogen-bond donors (Lipinski definition) is 1. The molecule has 2 rings (SSSR count). The lowest BCUT2D eigenvalue weighted by molar-refractivity contribution is 0.417. The van der Waals surface area contributed by atoms with Gasteiger partial charge in [-0.25, -0.2) is 0 Å². The molecule has 0 bridgehead atoms. The van der Waals surface area contributed by atoms with E-state index in [2.05, 4.69) is 34.3 Å². The molecule has 0 unspecified atom stereocenters. The maximum Gasteiger partial charge on any atom is 0.259 e. The third kappa shape index (κ3) is 2.92. The van der Waals surface area contributed by atoms with Crippen molar-refractivity contribution in [1.82, 2.24) is 20.4 Å². The Morgan fingerprint density at radius 1 is 1.22 bits per heavy atom. The van der Waals surface area contributed by atoms with Crippen molar-refractivity contribution < 1.29 is 4.52 Å². The van der Waals surface area contributed by atoms with Crippen LogP contribution in [0.15, 0.2) is 16.7 Å². The molecule has 0 saturated carbocycles. The normalized spacial score (nSPS) is 11.2. The maximum absolute atomic E-state index is 5.26. The van der Waals surface area contributed by atoms with Gasteiger partial charge in [0, 0.05) is 11.7 Å². The molecular formula is C13H18N4O. The fraction of sp³-hybridized carbons (Fsp3) is 0.462. The first-order valence-electron chi connectivity index (χ1n) is 6.07. The zero-order valence-corrected chi connectivity index (χ0v) is 11.2. The van der Waals surface area contributed by atoms with E-state index in [9.17, 15) is 0 Å². The van der Waals surface area contributed by atoms with Crippen molar-refractivity contribution in [1.29, 1.82) is 0 Å². The Hall–Kier alpha value is -1.75. The molecule has 0 fully saturated rings. The van der Waals surface area contributed by atoms with E-state index >= 15 is 0 Å². The van der Waals surface area contributed by atoms with Gasteiger partial charge >= 0.3 is 0 Å². The molecule has 18 heavy (non-hydrogen) atoms. The Kier molecular flexibility index (Phi) is 3.72. The summed E-state index contributed by atoms with van der Waals surface area (Å²) in [5, 5.41) is 7.20. The molecule has 5 heteroatoms. The highest BCUT2D eigenvalue weighted by Gasteiger charge is 2.12. The van der Waals surface area contributed by atoms with E-state index in [0.717, 1.165) is 17.0 Å². The molecule has 0 amide bonds. The molecular weight excluding hydrogens is 228 g/mol. The van der Waals surface area contributed by atoms with Crippen molar-refractivity contribution in [3.8, 4) is 11.5 Å². The fourth-order valence-electron chi connectivity index (χ4n) is 1.64. The summed E-state index contributed by atoms with van der Waals surface area (Å²) in [5.41, 5.74) is 2.78. The summed E-state index contributed by atoms with van der Waals surface area (Å²) in [4.78, 5) is 8.75. The van der Waals surface area contributed by atoms with Gasteiger partial charge in [-0.3, -0.25) is 4.98 Å². The fourth-order valence-corrected chi connectivity index (χ4v) is 1.64. The molecule has 0 saturated heterocycles. The van der Waals surface area contributed by atoms with Gasteiger partial charge in [0.15, 0.2) is 5.82 Å². The van der Waals surface area contributed by atoms with Gasteiger partial charge in [-0.15, -0.1) is 0 Å². The number of nitrogens with zero attached hydrogens (tertiary/aromatic N) is 3. The largest absolute Gasteiger partial charge is 0.334 e. The van der Waals surface area contributed by atoms with Gasteiger partial charge in [0.25, 0.3) is 5.89 Å². The van der Waals surface area contributed by atoms with Crippen molar-refractivity contribution in [2.24, 2.45) is 0 Å². The zero-order chi connectivity index (χ0) is 13.1. The van der Waals surface area contributed by atoms with Crippen molar-refractivity contribution >= 4 is 0 Å². The number of nitrogens with one attached hydrogen (secondary N) is 1. The average molecular weight is 246 g/mol. The predicted octanol–water partition coefficient (Wildman–Crippen LogP) is 2.25. The zero-order valence-electron chi connectivity index (χ0n) is 11.2. The second-order valence-electron chi connectivity index (χ2n) is 4.64. The molecule has 2 heterocycles. The van der Waals surface area contributed by atoms with Crippen molar-refractivity contribution in [2.75, 3.05) is 0 Å². The molecule has 0 aliphatic carbocycles. The van der Waals surface area contributed by atoms with Crippen LogP contribution in [-0.4, -0.2) is 21.2 Å². The molecule has 0 aliphatic rings. The Balaban J connectivity index is 2.18. The minimum absolute atomic E-state index is 0.398. The monoisotopic (exact) mass is 246 g/mol. The van der Waals surface area contributed by atoms with E-state index in [-0.39, 0.29) is 0 Å². The van der Waals surface area contributed by atoms with Crippen molar-refractivity contribution in [2.45, 2.75) is 40.3 Å².